The van der Waals surface area contributed by atoms with Gasteiger partial charge in [0.25, 0.3) is 17.9 Å². The van der Waals surface area contributed by atoms with Gasteiger partial charge in [-0.3, -0.25) is 14.6 Å². The second-order valence-electron chi connectivity index (χ2n) is 7.51. The largest absolute Gasteiger partial charge is 0.394 e. The van der Waals surface area contributed by atoms with Gasteiger partial charge in [-0.05, 0) is 55.2 Å². The molecule has 10 heteroatoms. The summed E-state index contributed by atoms with van der Waals surface area (Å²) in [6.45, 7) is -0.272. The molecule has 1 atom stereocenters. The number of rotatable bonds is 7. The lowest BCUT2D eigenvalue weighted by molar-refractivity contribution is 0.0906. The minimum Gasteiger partial charge on any atom is -0.394 e. The number of benzene rings is 1. The zero-order valence-corrected chi connectivity index (χ0v) is 16.7. The molecular weight excluding hydrogens is 425 g/mol. The summed E-state index contributed by atoms with van der Waals surface area (Å²) in [7, 11) is 0. The summed E-state index contributed by atoms with van der Waals surface area (Å²) in [6.07, 6.45) is 0.135. The van der Waals surface area contributed by atoms with E-state index in [0.29, 0.717) is 0 Å². The van der Waals surface area contributed by atoms with Crippen LogP contribution in [0.3, 0.4) is 0 Å². The Morgan fingerprint density at radius 1 is 1.22 bits per heavy atom. The van der Waals surface area contributed by atoms with E-state index in [1.807, 2.05) is 0 Å². The molecule has 166 valence electrons. The molecule has 1 aromatic carbocycles. The zero-order valence-electron chi connectivity index (χ0n) is 16.7. The zero-order chi connectivity index (χ0) is 22.8. The highest BCUT2D eigenvalue weighted by Gasteiger charge is 2.32. The number of alkyl halides is 2. The molecule has 0 aliphatic heterocycles. The molecule has 1 fully saturated rings. The van der Waals surface area contributed by atoms with E-state index in [0.717, 1.165) is 35.9 Å². The van der Waals surface area contributed by atoms with Gasteiger partial charge in [0.2, 0.25) is 0 Å². The van der Waals surface area contributed by atoms with E-state index in [9.17, 15) is 27.9 Å². The molecule has 1 unspecified atom stereocenters. The van der Waals surface area contributed by atoms with Crippen LogP contribution in [0.2, 0.25) is 0 Å². The number of pyridine rings is 1. The lowest BCUT2D eigenvalue weighted by Gasteiger charge is -2.16. The van der Waals surface area contributed by atoms with Gasteiger partial charge in [0.1, 0.15) is 17.1 Å². The number of halogens is 3. The minimum absolute atomic E-state index is 0.0870. The number of nitrogens with one attached hydrogen (secondary N) is 1. The van der Waals surface area contributed by atoms with Crippen LogP contribution in [0.15, 0.2) is 53.5 Å². The molecule has 32 heavy (non-hydrogen) atoms. The third-order valence-corrected chi connectivity index (χ3v) is 5.22. The summed E-state index contributed by atoms with van der Waals surface area (Å²) >= 11 is 0. The number of carbonyl (C=O) groups excluding carboxylic acids is 1. The Morgan fingerprint density at radius 3 is 2.59 bits per heavy atom. The smallest absolute Gasteiger partial charge is 0.284 e. The fraction of sp³-hybridized carbons (Fsp3) is 0.273. The van der Waals surface area contributed by atoms with Crippen molar-refractivity contribution in [1.82, 2.24) is 20.1 Å². The number of hydrogen-bond donors (Lipinski definition) is 2. The lowest BCUT2D eigenvalue weighted by Crippen LogP contribution is -2.42. The monoisotopic (exact) mass is 444 g/mol. The third-order valence-electron chi connectivity index (χ3n) is 5.22. The van der Waals surface area contributed by atoms with Gasteiger partial charge in [-0.1, -0.05) is 6.07 Å². The summed E-state index contributed by atoms with van der Waals surface area (Å²) in [4.78, 5) is 29.6. The first kappa shape index (κ1) is 21.7. The molecular formula is C22H19F3N4O3. The van der Waals surface area contributed by atoms with Crippen LogP contribution in [-0.2, 0) is 0 Å². The SMILES string of the molecule is O=C(NC(CO)C1CC1)c1cc(-c2ccc(C(F)F)nc2)nn(-c2cccc(F)c2)c1=O. The molecule has 1 amide bonds. The summed E-state index contributed by atoms with van der Waals surface area (Å²) in [5, 5.41) is 16.4. The Hall–Kier alpha value is -3.53. The van der Waals surface area contributed by atoms with Crippen molar-refractivity contribution in [3.05, 3.63) is 76.1 Å². The van der Waals surface area contributed by atoms with Crippen molar-refractivity contribution in [3.63, 3.8) is 0 Å². The maximum atomic E-state index is 13.8. The van der Waals surface area contributed by atoms with E-state index < -0.39 is 35.4 Å². The van der Waals surface area contributed by atoms with Crippen molar-refractivity contribution >= 4 is 5.91 Å². The van der Waals surface area contributed by atoms with E-state index in [1.165, 1.54) is 30.3 Å². The molecule has 2 heterocycles. The first-order chi connectivity index (χ1) is 15.4. The van der Waals surface area contributed by atoms with Crippen LogP contribution in [0.5, 0.6) is 0 Å². The predicted molar refractivity (Wildman–Crippen MR) is 109 cm³/mol. The normalized spacial score (nSPS) is 14.4. The number of aromatic nitrogens is 3. The fourth-order valence-corrected chi connectivity index (χ4v) is 3.32. The molecule has 7 nitrogen and oxygen atoms in total. The van der Waals surface area contributed by atoms with Crippen LogP contribution in [0.4, 0.5) is 13.2 Å². The summed E-state index contributed by atoms with van der Waals surface area (Å²) in [5.41, 5.74) is -1.02. The van der Waals surface area contributed by atoms with Crippen molar-refractivity contribution in [2.75, 3.05) is 6.61 Å². The Morgan fingerprint density at radius 2 is 2.00 bits per heavy atom. The summed E-state index contributed by atoms with van der Waals surface area (Å²) in [5.74, 6) is -1.18. The van der Waals surface area contributed by atoms with Gasteiger partial charge < -0.3 is 10.4 Å². The van der Waals surface area contributed by atoms with Crippen molar-refractivity contribution < 1.29 is 23.1 Å². The number of hydrogen-bond acceptors (Lipinski definition) is 5. The van der Waals surface area contributed by atoms with Crippen LogP contribution in [-0.4, -0.2) is 38.4 Å². The summed E-state index contributed by atoms with van der Waals surface area (Å²) < 4.78 is 40.3. The molecule has 4 rings (SSSR count). The van der Waals surface area contributed by atoms with E-state index >= 15 is 0 Å². The van der Waals surface area contributed by atoms with Crippen LogP contribution >= 0.6 is 0 Å². The highest BCUT2D eigenvalue weighted by atomic mass is 19.3. The van der Waals surface area contributed by atoms with Crippen molar-refractivity contribution in [2.24, 2.45) is 5.92 Å². The topological polar surface area (TPSA) is 97.1 Å². The number of aliphatic hydroxyl groups is 1. The second kappa shape index (κ2) is 8.91. The number of aliphatic hydroxyl groups excluding tert-OH is 1. The van der Waals surface area contributed by atoms with Crippen LogP contribution in [0, 0.1) is 11.7 Å². The lowest BCUT2D eigenvalue weighted by atomic mass is 10.1. The van der Waals surface area contributed by atoms with Gasteiger partial charge in [0.05, 0.1) is 24.0 Å². The number of amides is 1. The maximum Gasteiger partial charge on any atom is 0.284 e. The van der Waals surface area contributed by atoms with E-state index in [4.69, 9.17) is 0 Å². The Labute approximate surface area is 180 Å². The van der Waals surface area contributed by atoms with Crippen LogP contribution in [0.1, 0.15) is 35.3 Å². The van der Waals surface area contributed by atoms with Crippen molar-refractivity contribution in [1.29, 1.82) is 0 Å². The van der Waals surface area contributed by atoms with E-state index in [-0.39, 0.29) is 35.0 Å². The predicted octanol–water partition coefficient (Wildman–Crippen LogP) is 2.87. The molecule has 2 N–H and O–H groups in total. The average molecular weight is 444 g/mol. The molecule has 1 aliphatic rings. The molecule has 1 aliphatic carbocycles. The van der Waals surface area contributed by atoms with Crippen LogP contribution < -0.4 is 10.9 Å². The van der Waals surface area contributed by atoms with Crippen molar-refractivity contribution in [3.8, 4) is 16.9 Å². The minimum atomic E-state index is -2.75. The molecule has 2 aromatic heterocycles. The van der Waals surface area contributed by atoms with Gasteiger partial charge in [0, 0.05) is 11.8 Å². The molecule has 0 bridgehead atoms. The second-order valence-corrected chi connectivity index (χ2v) is 7.51. The van der Waals surface area contributed by atoms with Gasteiger partial charge in [0.15, 0.2) is 0 Å². The first-order valence-corrected chi connectivity index (χ1v) is 9.94. The number of nitrogens with zero attached hydrogens (tertiary/aromatic N) is 3. The molecule has 0 spiro atoms. The maximum absolute atomic E-state index is 13.8. The average Bonchev–Trinajstić information content (AvgIpc) is 3.63. The van der Waals surface area contributed by atoms with E-state index in [2.05, 4.69) is 15.4 Å². The Kier molecular flexibility index (Phi) is 6.04. The molecule has 1 saturated carbocycles. The first-order valence-electron chi connectivity index (χ1n) is 9.94. The standard InChI is InChI=1S/C22H19F3N4O3/c23-14-2-1-3-15(8-14)29-22(32)16(21(31)27-19(11-30)12-4-5-12)9-18(28-29)13-6-7-17(20(24)25)26-10-13/h1-3,6-10,12,19-20,30H,4-5,11H2,(H,27,31). The quantitative estimate of drug-likeness (QED) is 0.584. The van der Waals surface area contributed by atoms with Crippen molar-refractivity contribution in [2.45, 2.75) is 25.3 Å². The fourth-order valence-electron chi connectivity index (χ4n) is 3.32. The number of carbonyl (C=O) groups is 1. The van der Waals surface area contributed by atoms with Gasteiger partial charge in [-0.25, -0.2) is 13.2 Å². The molecule has 3 aromatic rings. The summed E-state index contributed by atoms with van der Waals surface area (Å²) in [6, 6.07) is 8.31. The Balaban J connectivity index is 1.81. The highest BCUT2D eigenvalue weighted by molar-refractivity contribution is 5.95. The third kappa shape index (κ3) is 4.54. The Bertz CT molecular complexity index is 1190. The molecule has 0 radical (unpaired) electrons. The highest BCUT2D eigenvalue weighted by Crippen LogP contribution is 2.32. The molecule has 0 saturated heterocycles. The van der Waals surface area contributed by atoms with E-state index in [1.54, 1.807) is 0 Å². The van der Waals surface area contributed by atoms with Gasteiger partial charge >= 0.3 is 0 Å². The van der Waals surface area contributed by atoms with Crippen LogP contribution in [0.25, 0.3) is 16.9 Å². The van der Waals surface area contributed by atoms with Gasteiger partial charge in [-0.2, -0.15) is 9.78 Å². The van der Waals surface area contributed by atoms with Gasteiger partial charge in [-0.15, -0.1) is 0 Å².